The zero-order chi connectivity index (χ0) is 24.6. The van der Waals surface area contributed by atoms with Gasteiger partial charge in [-0.05, 0) is 38.3 Å². The van der Waals surface area contributed by atoms with Gasteiger partial charge in [0.1, 0.15) is 5.82 Å². The number of benzene rings is 2. The molecule has 1 amide bonds. The topological polar surface area (TPSA) is 112 Å². The Morgan fingerprint density at radius 3 is 2.69 bits per heavy atom. The van der Waals surface area contributed by atoms with Crippen molar-refractivity contribution in [3.8, 4) is 0 Å². The lowest BCUT2D eigenvalue weighted by molar-refractivity contribution is 0.0943. The van der Waals surface area contributed by atoms with Gasteiger partial charge in [-0.1, -0.05) is 68.1 Å². The highest BCUT2D eigenvalue weighted by atomic mass is 16.5. The lowest BCUT2D eigenvalue weighted by Crippen LogP contribution is -2.38. The molecule has 184 valence electrons. The van der Waals surface area contributed by atoms with E-state index in [1.165, 1.54) is 0 Å². The van der Waals surface area contributed by atoms with Crippen molar-refractivity contribution >= 4 is 28.5 Å². The highest BCUT2D eigenvalue weighted by molar-refractivity contribution is 5.98. The van der Waals surface area contributed by atoms with Crippen molar-refractivity contribution in [2.24, 2.45) is 4.99 Å². The average Bonchev–Trinajstić information content (AvgIpc) is 2.88. The van der Waals surface area contributed by atoms with Crippen LogP contribution < -0.4 is 16.1 Å². The number of aliphatic imine (C=N–C) groups is 1. The molecular weight excluding hydrogens is 440 g/mol. The summed E-state index contributed by atoms with van der Waals surface area (Å²) in [6.45, 7) is 4.71. The largest absolute Gasteiger partial charge is 0.365 e. The number of aromatic nitrogens is 2. The molecule has 3 aromatic rings. The van der Waals surface area contributed by atoms with Gasteiger partial charge < -0.3 is 10.6 Å². The Morgan fingerprint density at radius 2 is 1.91 bits per heavy atom. The zero-order valence-corrected chi connectivity index (χ0v) is 20.4. The molecule has 8 heteroatoms. The Morgan fingerprint density at radius 1 is 1.11 bits per heavy atom. The van der Waals surface area contributed by atoms with Crippen LogP contribution in [0.3, 0.4) is 0 Å². The maximum atomic E-state index is 12.8. The smallest absolute Gasteiger partial charge is 0.289 e. The fourth-order valence-corrected chi connectivity index (χ4v) is 4.45. The van der Waals surface area contributed by atoms with Gasteiger partial charge in [0.15, 0.2) is 5.84 Å². The van der Waals surface area contributed by atoms with Crippen LogP contribution in [0.4, 0.5) is 5.82 Å². The maximum Gasteiger partial charge on any atom is 0.289 e. The molecule has 8 nitrogen and oxygen atoms in total. The molecule has 1 saturated carbocycles. The fraction of sp³-hybridized carbons (Fsp3) is 0.407. The highest BCUT2D eigenvalue weighted by Gasteiger charge is 2.27. The van der Waals surface area contributed by atoms with Crippen LogP contribution in [0.2, 0.25) is 0 Å². The molecule has 0 bridgehead atoms. The van der Waals surface area contributed by atoms with Crippen molar-refractivity contribution in [3.05, 3.63) is 65.5 Å². The van der Waals surface area contributed by atoms with Gasteiger partial charge in [-0.3, -0.25) is 20.5 Å². The monoisotopic (exact) mass is 474 g/mol. The third-order valence-electron chi connectivity index (χ3n) is 6.37. The number of hydrogen-bond donors (Lipinski definition) is 4. The number of anilines is 1. The Kier molecular flexibility index (Phi) is 8.26. The Bertz CT molecular complexity index is 1180. The van der Waals surface area contributed by atoms with Gasteiger partial charge in [0, 0.05) is 23.5 Å². The van der Waals surface area contributed by atoms with E-state index in [0.29, 0.717) is 18.2 Å². The number of aryl methyl sites for hydroxylation is 1. The Labute approximate surface area is 206 Å². The van der Waals surface area contributed by atoms with Gasteiger partial charge in [-0.15, -0.1) is 0 Å². The average molecular weight is 475 g/mol. The van der Waals surface area contributed by atoms with Crippen molar-refractivity contribution in [1.82, 2.24) is 20.8 Å². The van der Waals surface area contributed by atoms with Gasteiger partial charge in [0.2, 0.25) is 5.82 Å². The standard InChI is InChI=1S/C27H34N6O2/c1-3-4-16-28-27(34)26-29-21-15-14-18(2)17-20(21)25(32-26)31-23-13-9-8-12-22(23)30-24(33-35)19-10-6-5-7-11-19/h5-7,10-11,14-15,17,22-23,35H,3-4,8-9,12-13,16H2,1-2H3,(H,28,34)(H,30,33)(H,29,31,32)/t22-,23+/m1/s1. The number of amidine groups is 1. The van der Waals surface area contributed by atoms with Crippen LogP contribution in [-0.4, -0.2) is 45.5 Å². The molecular formula is C27H34N6O2. The lowest BCUT2D eigenvalue weighted by atomic mass is 9.90. The summed E-state index contributed by atoms with van der Waals surface area (Å²) < 4.78 is 0. The number of carbonyl (C=O) groups is 1. The van der Waals surface area contributed by atoms with E-state index in [1.54, 1.807) is 0 Å². The number of hydrogen-bond acceptors (Lipinski definition) is 6. The first-order valence-corrected chi connectivity index (χ1v) is 12.5. The molecule has 0 radical (unpaired) electrons. The molecule has 2 aromatic carbocycles. The molecule has 1 aliphatic carbocycles. The van der Waals surface area contributed by atoms with Crippen molar-refractivity contribution in [2.45, 2.75) is 64.5 Å². The van der Waals surface area contributed by atoms with E-state index in [-0.39, 0.29) is 23.8 Å². The molecule has 0 unspecified atom stereocenters. The summed E-state index contributed by atoms with van der Waals surface area (Å²) in [7, 11) is 0. The Balaban J connectivity index is 1.66. The van der Waals surface area contributed by atoms with E-state index in [4.69, 9.17) is 4.99 Å². The van der Waals surface area contributed by atoms with Crippen LogP contribution in [0.5, 0.6) is 0 Å². The van der Waals surface area contributed by atoms with Crippen molar-refractivity contribution in [2.75, 3.05) is 11.9 Å². The molecule has 0 spiro atoms. The number of hydroxylamine groups is 1. The predicted octanol–water partition coefficient (Wildman–Crippen LogP) is 4.62. The van der Waals surface area contributed by atoms with E-state index >= 15 is 0 Å². The molecule has 1 aliphatic rings. The third-order valence-corrected chi connectivity index (χ3v) is 6.37. The van der Waals surface area contributed by atoms with Crippen LogP contribution in [-0.2, 0) is 0 Å². The predicted molar refractivity (Wildman–Crippen MR) is 139 cm³/mol. The summed E-state index contributed by atoms with van der Waals surface area (Å²) in [5, 5.41) is 17.2. The first kappa shape index (κ1) is 24.6. The first-order valence-electron chi connectivity index (χ1n) is 12.5. The molecule has 1 aromatic heterocycles. The van der Waals surface area contributed by atoms with Gasteiger partial charge in [0.05, 0.1) is 11.6 Å². The number of nitrogens with one attached hydrogen (secondary N) is 3. The molecule has 0 aliphatic heterocycles. The number of unbranched alkanes of at least 4 members (excludes halogenated alkanes) is 1. The zero-order valence-electron chi connectivity index (χ0n) is 20.4. The second kappa shape index (κ2) is 11.8. The van der Waals surface area contributed by atoms with E-state index in [0.717, 1.165) is 60.6 Å². The second-order valence-corrected chi connectivity index (χ2v) is 9.08. The van der Waals surface area contributed by atoms with Gasteiger partial charge >= 0.3 is 0 Å². The van der Waals surface area contributed by atoms with E-state index in [1.807, 2.05) is 55.5 Å². The quantitative estimate of drug-likeness (QED) is 0.164. The maximum absolute atomic E-state index is 12.8. The summed E-state index contributed by atoms with van der Waals surface area (Å²) in [6, 6.07) is 15.5. The number of nitrogens with zero attached hydrogens (tertiary/aromatic N) is 3. The molecule has 1 fully saturated rings. The number of amides is 1. The van der Waals surface area contributed by atoms with Crippen LogP contribution in [0.1, 0.15) is 67.2 Å². The van der Waals surface area contributed by atoms with Crippen LogP contribution >= 0.6 is 0 Å². The molecule has 4 N–H and O–H groups in total. The first-order chi connectivity index (χ1) is 17.1. The lowest BCUT2D eigenvalue weighted by Gasteiger charge is -2.31. The van der Waals surface area contributed by atoms with E-state index in [9.17, 15) is 10.0 Å². The summed E-state index contributed by atoms with van der Waals surface area (Å²) in [5.41, 5.74) is 4.93. The fourth-order valence-electron chi connectivity index (χ4n) is 4.45. The minimum Gasteiger partial charge on any atom is -0.365 e. The molecule has 2 atom stereocenters. The Hall–Kier alpha value is -3.52. The van der Waals surface area contributed by atoms with Gasteiger partial charge in [-0.2, -0.15) is 0 Å². The van der Waals surface area contributed by atoms with Gasteiger partial charge in [0.25, 0.3) is 5.91 Å². The third kappa shape index (κ3) is 6.14. The summed E-state index contributed by atoms with van der Waals surface area (Å²) >= 11 is 0. The minimum absolute atomic E-state index is 0.00503. The molecule has 35 heavy (non-hydrogen) atoms. The normalized spacial score (nSPS) is 18.3. The van der Waals surface area contributed by atoms with Crippen molar-refractivity contribution < 1.29 is 10.0 Å². The van der Waals surface area contributed by atoms with E-state index < -0.39 is 0 Å². The number of fused-ring (bicyclic) bond motifs is 1. The number of rotatable bonds is 8. The van der Waals surface area contributed by atoms with Crippen molar-refractivity contribution in [3.63, 3.8) is 0 Å². The molecule has 4 rings (SSSR count). The highest BCUT2D eigenvalue weighted by Crippen LogP contribution is 2.28. The SMILES string of the molecule is CCCCNC(=O)c1nc(N[C@H]2CCCC[C@H]2N=C(NO)c2ccccc2)c2cc(C)ccc2n1. The summed E-state index contributed by atoms with van der Waals surface area (Å²) in [4.78, 5) is 26.8. The number of carbonyl (C=O) groups excluding carboxylic acids is 1. The summed E-state index contributed by atoms with van der Waals surface area (Å²) in [6.07, 6.45) is 5.85. The second-order valence-electron chi connectivity index (χ2n) is 9.08. The van der Waals surface area contributed by atoms with Gasteiger partial charge in [-0.25, -0.2) is 9.97 Å². The minimum atomic E-state index is -0.266. The molecule has 0 saturated heterocycles. The van der Waals surface area contributed by atoms with E-state index in [2.05, 4.69) is 33.0 Å². The van der Waals surface area contributed by atoms with Crippen LogP contribution in [0, 0.1) is 6.92 Å². The molecule has 1 heterocycles. The van der Waals surface area contributed by atoms with Crippen LogP contribution in [0.25, 0.3) is 10.9 Å². The summed E-state index contributed by atoms with van der Waals surface area (Å²) in [5.74, 6) is 0.990. The van der Waals surface area contributed by atoms with Crippen LogP contribution in [0.15, 0.2) is 53.5 Å². The van der Waals surface area contributed by atoms with Crippen molar-refractivity contribution in [1.29, 1.82) is 0 Å².